The van der Waals surface area contributed by atoms with Crippen LogP contribution in [-0.2, 0) is 6.42 Å². The van der Waals surface area contributed by atoms with Crippen molar-refractivity contribution in [2.45, 2.75) is 12.8 Å². The zero-order valence-corrected chi connectivity index (χ0v) is 12.3. The van der Waals surface area contributed by atoms with Gasteiger partial charge >= 0.3 is 0 Å². The lowest BCUT2D eigenvalue weighted by Gasteiger charge is -2.16. The molecule has 0 saturated carbocycles. The number of halogens is 1. The van der Waals surface area contributed by atoms with Gasteiger partial charge in [-0.1, -0.05) is 30.3 Å². The molecule has 0 aliphatic heterocycles. The van der Waals surface area contributed by atoms with Gasteiger partial charge in [-0.3, -0.25) is 4.79 Å². The summed E-state index contributed by atoms with van der Waals surface area (Å²) in [4.78, 5) is 14.1. The maximum atomic E-state index is 12.8. The average Bonchev–Trinajstić information content (AvgIpc) is 2.52. The van der Waals surface area contributed by atoms with E-state index in [1.807, 2.05) is 25.2 Å². The van der Waals surface area contributed by atoms with Gasteiger partial charge in [0, 0.05) is 25.1 Å². The van der Waals surface area contributed by atoms with Crippen LogP contribution < -0.4 is 0 Å². The first kappa shape index (κ1) is 15.4. The topological polar surface area (TPSA) is 20.3 Å². The van der Waals surface area contributed by atoms with Crippen molar-refractivity contribution < 1.29 is 9.18 Å². The van der Waals surface area contributed by atoms with E-state index < -0.39 is 0 Å². The van der Waals surface area contributed by atoms with Crippen LogP contribution in [0.3, 0.4) is 0 Å². The quantitative estimate of drug-likeness (QED) is 0.725. The molecular weight excluding hydrogens is 265 g/mol. The minimum atomic E-state index is -0.313. The first-order valence-electron chi connectivity index (χ1n) is 7.16. The maximum absolute atomic E-state index is 12.8. The largest absolute Gasteiger partial charge is 0.306 e. The van der Waals surface area contributed by atoms with Gasteiger partial charge in [0.05, 0.1) is 0 Å². The lowest BCUT2D eigenvalue weighted by molar-refractivity contribution is 0.0969. The summed E-state index contributed by atoms with van der Waals surface area (Å²) < 4.78 is 12.8. The molecule has 0 spiro atoms. The van der Waals surface area contributed by atoms with Crippen LogP contribution in [0.25, 0.3) is 0 Å². The maximum Gasteiger partial charge on any atom is 0.164 e. The van der Waals surface area contributed by atoms with E-state index >= 15 is 0 Å². The molecule has 2 aromatic rings. The molecule has 0 saturated heterocycles. The highest BCUT2D eigenvalue weighted by molar-refractivity contribution is 5.96. The molecule has 110 valence electrons. The number of Topliss-reactive ketones (excluding diaryl/α,β-unsaturated/α-hetero) is 1. The Morgan fingerprint density at radius 1 is 1.00 bits per heavy atom. The molecule has 0 aliphatic rings. The van der Waals surface area contributed by atoms with Crippen LogP contribution in [0.4, 0.5) is 4.39 Å². The minimum absolute atomic E-state index is 0.0570. The molecule has 0 atom stereocenters. The summed E-state index contributed by atoms with van der Waals surface area (Å²) in [5, 5.41) is 0. The van der Waals surface area contributed by atoms with Crippen molar-refractivity contribution in [3.05, 3.63) is 71.5 Å². The average molecular weight is 285 g/mol. The van der Waals surface area contributed by atoms with E-state index in [9.17, 15) is 9.18 Å². The molecule has 0 unspecified atom stereocenters. The summed E-state index contributed by atoms with van der Waals surface area (Å²) in [5.41, 5.74) is 1.88. The van der Waals surface area contributed by atoms with Crippen LogP contribution >= 0.6 is 0 Å². The van der Waals surface area contributed by atoms with Gasteiger partial charge in [0.25, 0.3) is 0 Å². The van der Waals surface area contributed by atoms with Gasteiger partial charge in [-0.25, -0.2) is 4.39 Å². The molecule has 0 heterocycles. The predicted octanol–water partition coefficient (Wildman–Crippen LogP) is 3.57. The van der Waals surface area contributed by atoms with Crippen molar-refractivity contribution >= 4 is 5.78 Å². The summed E-state index contributed by atoms with van der Waals surface area (Å²) in [6.07, 6.45) is 1.43. The van der Waals surface area contributed by atoms with Gasteiger partial charge in [-0.15, -0.1) is 0 Å². The summed E-state index contributed by atoms with van der Waals surface area (Å²) in [6.45, 7) is 1.63. The third-order valence-electron chi connectivity index (χ3n) is 3.51. The summed E-state index contributed by atoms with van der Waals surface area (Å²) in [6, 6.07) is 16.0. The Morgan fingerprint density at radius 3 is 2.33 bits per heavy atom. The van der Waals surface area contributed by atoms with Gasteiger partial charge in [-0.2, -0.15) is 0 Å². The Bertz CT molecular complexity index is 566. The molecule has 0 aliphatic carbocycles. The molecule has 0 fully saturated rings. The Kier molecular flexibility index (Phi) is 5.64. The van der Waals surface area contributed by atoms with Crippen molar-refractivity contribution in [1.82, 2.24) is 4.90 Å². The molecule has 2 rings (SSSR count). The molecule has 0 amide bonds. The van der Waals surface area contributed by atoms with Gasteiger partial charge in [0.15, 0.2) is 5.78 Å². The number of likely N-dealkylation sites (N-methyl/N-ethyl adjacent to an activating group) is 1. The molecule has 0 radical (unpaired) electrons. The highest BCUT2D eigenvalue weighted by Crippen LogP contribution is 2.07. The first-order chi connectivity index (χ1) is 10.1. The van der Waals surface area contributed by atoms with Gasteiger partial charge in [0.1, 0.15) is 5.82 Å². The monoisotopic (exact) mass is 285 g/mol. The minimum Gasteiger partial charge on any atom is -0.306 e. The molecule has 21 heavy (non-hydrogen) atoms. The van der Waals surface area contributed by atoms with E-state index in [-0.39, 0.29) is 11.6 Å². The molecule has 0 aromatic heterocycles. The van der Waals surface area contributed by atoms with Crippen LogP contribution in [0, 0.1) is 5.82 Å². The van der Waals surface area contributed by atoms with E-state index in [4.69, 9.17) is 0 Å². The second-order valence-corrected chi connectivity index (χ2v) is 5.22. The summed E-state index contributed by atoms with van der Waals surface area (Å²) in [7, 11) is 2.01. The van der Waals surface area contributed by atoms with Gasteiger partial charge in [0.2, 0.25) is 0 Å². The van der Waals surface area contributed by atoms with Crippen LogP contribution in [-0.4, -0.2) is 30.8 Å². The molecule has 2 aromatic carbocycles. The fourth-order valence-electron chi connectivity index (χ4n) is 2.15. The van der Waals surface area contributed by atoms with E-state index in [0.717, 1.165) is 13.0 Å². The highest BCUT2D eigenvalue weighted by Gasteiger charge is 2.07. The number of hydrogen-bond acceptors (Lipinski definition) is 2. The first-order valence-corrected chi connectivity index (χ1v) is 7.16. The van der Waals surface area contributed by atoms with Crippen molar-refractivity contribution in [1.29, 1.82) is 0 Å². The number of carbonyl (C=O) groups is 1. The fourth-order valence-corrected chi connectivity index (χ4v) is 2.15. The molecular formula is C18H20FNO. The predicted molar refractivity (Wildman–Crippen MR) is 83.0 cm³/mol. The standard InChI is InChI=1S/C18H20FNO/c1-20(13-11-15-5-3-2-4-6-15)14-12-18(21)16-7-9-17(19)10-8-16/h2-10H,11-14H2,1H3. The van der Waals surface area contributed by atoms with E-state index in [1.165, 1.54) is 17.7 Å². The van der Waals surface area contributed by atoms with Crippen LogP contribution in [0.2, 0.25) is 0 Å². The van der Waals surface area contributed by atoms with E-state index in [2.05, 4.69) is 17.0 Å². The van der Waals surface area contributed by atoms with E-state index in [1.54, 1.807) is 12.1 Å². The summed E-state index contributed by atoms with van der Waals surface area (Å²) >= 11 is 0. The third kappa shape index (κ3) is 5.12. The lowest BCUT2D eigenvalue weighted by Crippen LogP contribution is -2.24. The number of carbonyl (C=O) groups excluding carboxylic acids is 1. The molecule has 3 heteroatoms. The Hall–Kier alpha value is -2.00. The third-order valence-corrected chi connectivity index (χ3v) is 3.51. The van der Waals surface area contributed by atoms with Crippen molar-refractivity contribution in [2.75, 3.05) is 20.1 Å². The SMILES string of the molecule is CN(CCC(=O)c1ccc(F)cc1)CCc1ccccc1. The zero-order chi connectivity index (χ0) is 15.1. The smallest absolute Gasteiger partial charge is 0.164 e. The number of nitrogens with zero attached hydrogens (tertiary/aromatic N) is 1. The second-order valence-electron chi connectivity index (χ2n) is 5.22. The second kappa shape index (κ2) is 7.70. The fraction of sp³-hybridized carbons (Fsp3) is 0.278. The normalized spacial score (nSPS) is 10.8. The highest BCUT2D eigenvalue weighted by atomic mass is 19.1. The Morgan fingerprint density at radius 2 is 1.67 bits per heavy atom. The van der Waals surface area contributed by atoms with Crippen LogP contribution in [0.15, 0.2) is 54.6 Å². The number of rotatable bonds is 7. The lowest BCUT2D eigenvalue weighted by atomic mass is 10.1. The van der Waals surface area contributed by atoms with Crippen LogP contribution in [0.1, 0.15) is 22.3 Å². The molecule has 0 bridgehead atoms. The van der Waals surface area contributed by atoms with Gasteiger partial charge < -0.3 is 4.90 Å². The molecule has 2 nitrogen and oxygen atoms in total. The number of benzene rings is 2. The van der Waals surface area contributed by atoms with Crippen molar-refractivity contribution in [2.24, 2.45) is 0 Å². The van der Waals surface area contributed by atoms with E-state index in [0.29, 0.717) is 18.5 Å². The number of ketones is 1. The van der Waals surface area contributed by atoms with Crippen LogP contribution in [0.5, 0.6) is 0 Å². The Labute approximate surface area is 125 Å². The number of hydrogen-bond donors (Lipinski definition) is 0. The van der Waals surface area contributed by atoms with Crippen molar-refractivity contribution in [3.63, 3.8) is 0 Å². The zero-order valence-electron chi connectivity index (χ0n) is 12.3. The Balaban J connectivity index is 1.74. The van der Waals surface area contributed by atoms with Crippen molar-refractivity contribution in [3.8, 4) is 0 Å². The van der Waals surface area contributed by atoms with Gasteiger partial charge in [-0.05, 0) is 43.3 Å². The summed E-state index contributed by atoms with van der Waals surface area (Å²) in [5.74, 6) is -0.256. The molecule has 0 N–H and O–H groups in total.